The number of para-hydroxylation sites is 1. The highest BCUT2D eigenvalue weighted by atomic mass is 16.5. The summed E-state index contributed by atoms with van der Waals surface area (Å²) >= 11 is 0. The third-order valence-electron chi connectivity index (χ3n) is 4.98. The lowest BCUT2D eigenvalue weighted by molar-refractivity contribution is 0.105. The summed E-state index contributed by atoms with van der Waals surface area (Å²) in [5.74, 6) is 0.799. The molecule has 0 amide bonds. The van der Waals surface area contributed by atoms with E-state index in [4.69, 9.17) is 4.74 Å². The van der Waals surface area contributed by atoms with Gasteiger partial charge in [-0.1, -0.05) is 61.4 Å². The molecule has 0 radical (unpaired) electrons. The van der Waals surface area contributed by atoms with E-state index in [0.717, 1.165) is 12.3 Å². The van der Waals surface area contributed by atoms with E-state index in [0.29, 0.717) is 13.2 Å². The zero-order chi connectivity index (χ0) is 16.7. The SMILES string of the molecule is O[C@H](CNCC1(c2ccccc2)CCCC1)COc1ccccc1. The Bertz CT molecular complexity index is 594. The molecule has 0 spiro atoms. The van der Waals surface area contributed by atoms with Crippen LogP contribution < -0.4 is 10.1 Å². The fraction of sp³-hybridized carbons (Fsp3) is 0.429. The molecule has 2 aromatic carbocycles. The molecule has 128 valence electrons. The van der Waals surface area contributed by atoms with Gasteiger partial charge in [0.1, 0.15) is 18.5 Å². The maximum atomic E-state index is 10.2. The quantitative estimate of drug-likeness (QED) is 0.780. The lowest BCUT2D eigenvalue weighted by Gasteiger charge is -2.30. The second-order valence-corrected chi connectivity index (χ2v) is 6.76. The number of hydrogen-bond acceptors (Lipinski definition) is 3. The zero-order valence-electron chi connectivity index (χ0n) is 14.2. The molecule has 0 aromatic heterocycles. The predicted octanol–water partition coefficient (Wildman–Crippen LogP) is 3.53. The van der Waals surface area contributed by atoms with Crippen LogP contribution in [0.25, 0.3) is 0 Å². The van der Waals surface area contributed by atoms with Crippen LogP contribution in [0, 0.1) is 0 Å². The predicted molar refractivity (Wildman–Crippen MR) is 97.4 cm³/mol. The van der Waals surface area contributed by atoms with Crippen molar-refractivity contribution in [3.05, 3.63) is 66.2 Å². The molecule has 1 fully saturated rings. The summed E-state index contributed by atoms with van der Waals surface area (Å²) in [6.45, 7) is 1.79. The van der Waals surface area contributed by atoms with Crippen molar-refractivity contribution < 1.29 is 9.84 Å². The van der Waals surface area contributed by atoms with Gasteiger partial charge in [0.15, 0.2) is 0 Å². The Balaban J connectivity index is 1.47. The zero-order valence-corrected chi connectivity index (χ0v) is 14.2. The first kappa shape index (κ1) is 17.0. The Morgan fingerprint density at radius 1 is 0.958 bits per heavy atom. The van der Waals surface area contributed by atoms with E-state index in [2.05, 4.69) is 35.6 Å². The van der Waals surface area contributed by atoms with Crippen molar-refractivity contribution >= 4 is 0 Å². The number of aliphatic hydroxyl groups is 1. The van der Waals surface area contributed by atoms with Crippen LogP contribution in [-0.2, 0) is 5.41 Å². The van der Waals surface area contributed by atoms with Crippen LogP contribution in [0.15, 0.2) is 60.7 Å². The first-order valence-electron chi connectivity index (χ1n) is 8.91. The van der Waals surface area contributed by atoms with E-state index in [9.17, 15) is 5.11 Å². The smallest absolute Gasteiger partial charge is 0.119 e. The van der Waals surface area contributed by atoms with Crippen LogP contribution in [-0.4, -0.2) is 30.9 Å². The van der Waals surface area contributed by atoms with Crippen molar-refractivity contribution in [2.75, 3.05) is 19.7 Å². The number of aliphatic hydroxyl groups excluding tert-OH is 1. The van der Waals surface area contributed by atoms with Crippen LogP contribution in [0.5, 0.6) is 5.75 Å². The van der Waals surface area contributed by atoms with Gasteiger partial charge in [0, 0.05) is 18.5 Å². The van der Waals surface area contributed by atoms with Gasteiger partial charge >= 0.3 is 0 Å². The highest BCUT2D eigenvalue weighted by Gasteiger charge is 2.35. The van der Waals surface area contributed by atoms with Crippen molar-refractivity contribution in [2.45, 2.75) is 37.2 Å². The summed E-state index contributed by atoms with van der Waals surface area (Å²) < 4.78 is 5.61. The number of ether oxygens (including phenoxy) is 1. The summed E-state index contributed by atoms with van der Waals surface area (Å²) in [7, 11) is 0. The Labute approximate surface area is 144 Å². The van der Waals surface area contributed by atoms with Gasteiger partial charge in [-0.3, -0.25) is 0 Å². The normalized spacial score (nSPS) is 17.5. The molecule has 3 rings (SSSR count). The lowest BCUT2D eigenvalue weighted by atomic mass is 9.79. The summed E-state index contributed by atoms with van der Waals surface area (Å²) in [5, 5.41) is 13.6. The molecular weight excluding hydrogens is 298 g/mol. The maximum absolute atomic E-state index is 10.2. The molecule has 2 aromatic rings. The Morgan fingerprint density at radius 3 is 2.25 bits per heavy atom. The lowest BCUT2D eigenvalue weighted by Crippen LogP contribution is -2.40. The third kappa shape index (κ3) is 4.37. The number of hydrogen-bond donors (Lipinski definition) is 2. The number of nitrogens with one attached hydrogen (secondary N) is 1. The van der Waals surface area contributed by atoms with Crippen LogP contribution in [0.1, 0.15) is 31.2 Å². The first-order chi connectivity index (χ1) is 11.8. The highest BCUT2D eigenvalue weighted by molar-refractivity contribution is 5.27. The molecule has 3 nitrogen and oxygen atoms in total. The monoisotopic (exact) mass is 325 g/mol. The van der Waals surface area contributed by atoms with Gasteiger partial charge in [-0.25, -0.2) is 0 Å². The molecule has 2 N–H and O–H groups in total. The number of benzene rings is 2. The molecule has 24 heavy (non-hydrogen) atoms. The second kappa shape index (κ2) is 8.32. The van der Waals surface area contributed by atoms with Crippen molar-refractivity contribution in [3.63, 3.8) is 0 Å². The Hall–Kier alpha value is -1.84. The van der Waals surface area contributed by atoms with Crippen LogP contribution in [0.3, 0.4) is 0 Å². The standard InChI is InChI=1S/C21H27NO2/c23-19(16-24-20-11-5-2-6-12-20)15-22-17-21(13-7-8-14-21)18-9-3-1-4-10-18/h1-6,9-12,19,22-23H,7-8,13-17H2/t19-/m1/s1. The third-order valence-corrected chi connectivity index (χ3v) is 4.98. The summed E-state index contributed by atoms with van der Waals surface area (Å²) in [5.41, 5.74) is 1.64. The van der Waals surface area contributed by atoms with Crippen LogP contribution in [0.4, 0.5) is 0 Å². The topological polar surface area (TPSA) is 41.5 Å². The van der Waals surface area contributed by atoms with E-state index < -0.39 is 6.10 Å². The van der Waals surface area contributed by atoms with Crippen molar-refractivity contribution in [2.24, 2.45) is 0 Å². The van der Waals surface area contributed by atoms with Crippen LogP contribution >= 0.6 is 0 Å². The van der Waals surface area contributed by atoms with Gasteiger partial charge in [-0.15, -0.1) is 0 Å². The minimum absolute atomic E-state index is 0.223. The van der Waals surface area contributed by atoms with E-state index in [1.807, 2.05) is 30.3 Å². The largest absolute Gasteiger partial charge is 0.491 e. The van der Waals surface area contributed by atoms with E-state index in [1.165, 1.54) is 31.2 Å². The van der Waals surface area contributed by atoms with Gasteiger partial charge in [-0.05, 0) is 30.5 Å². The number of rotatable bonds is 8. The molecule has 0 heterocycles. The molecular formula is C21H27NO2. The molecule has 1 aliphatic rings. The van der Waals surface area contributed by atoms with Gasteiger partial charge in [-0.2, -0.15) is 0 Å². The minimum Gasteiger partial charge on any atom is -0.491 e. The molecule has 0 aliphatic heterocycles. The van der Waals surface area contributed by atoms with Crippen LogP contribution in [0.2, 0.25) is 0 Å². The average Bonchev–Trinajstić information content (AvgIpc) is 3.12. The second-order valence-electron chi connectivity index (χ2n) is 6.76. The highest BCUT2D eigenvalue weighted by Crippen LogP contribution is 2.40. The summed E-state index contributed by atoms with van der Waals surface area (Å²) in [6, 6.07) is 20.4. The van der Waals surface area contributed by atoms with E-state index >= 15 is 0 Å². The fourth-order valence-corrected chi connectivity index (χ4v) is 3.66. The molecule has 0 unspecified atom stereocenters. The first-order valence-corrected chi connectivity index (χ1v) is 8.91. The van der Waals surface area contributed by atoms with E-state index in [-0.39, 0.29) is 5.41 Å². The minimum atomic E-state index is -0.501. The Morgan fingerprint density at radius 2 is 1.58 bits per heavy atom. The maximum Gasteiger partial charge on any atom is 0.119 e. The summed E-state index contributed by atoms with van der Waals surface area (Å²) in [6.07, 6.45) is 4.52. The molecule has 1 saturated carbocycles. The van der Waals surface area contributed by atoms with Crippen molar-refractivity contribution in [3.8, 4) is 5.75 Å². The molecule has 1 aliphatic carbocycles. The van der Waals surface area contributed by atoms with E-state index in [1.54, 1.807) is 0 Å². The molecule has 1 atom stereocenters. The fourth-order valence-electron chi connectivity index (χ4n) is 3.66. The van der Waals surface area contributed by atoms with Crippen molar-refractivity contribution in [1.82, 2.24) is 5.32 Å². The van der Waals surface area contributed by atoms with Gasteiger partial charge < -0.3 is 15.2 Å². The average molecular weight is 325 g/mol. The molecule has 0 bridgehead atoms. The van der Waals surface area contributed by atoms with Gasteiger partial charge in [0.25, 0.3) is 0 Å². The van der Waals surface area contributed by atoms with Gasteiger partial charge in [0.05, 0.1) is 0 Å². The van der Waals surface area contributed by atoms with Gasteiger partial charge in [0.2, 0.25) is 0 Å². The Kier molecular flexibility index (Phi) is 5.89. The molecule has 3 heteroatoms. The van der Waals surface area contributed by atoms with Crippen molar-refractivity contribution in [1.29, 1.82) is 0 Å². The summed E-state index contributed by atoms with van der Waals surface area (Å²) in [4.78, 5) is 0. The molecule has 0 saturated heterocycles.